The fraction of sp³-hybridized carbons (Fsp3) is 0.917. The molecule has 1 aliphatic carbocycles. The van der Waals surface area contributed by atoms with Gasteiger partial charge < -0.3 is 5.32 Å². The van der Waals surface area contributed by atoms with Crippen LogP contribution in [0.15, 0.2) is 0 Å². The molecule has 2 nitrogen and oxygen atoms in total. The maximum Gasteiger partial charge on any atom is 0.391 e. The number of amides is 1. The standard InChI is InChI=1S/C12H19ClF3NO/c13-7-2-1-6-11(18)17-10-5-3-4-9(8-10)12(14,15)16/h9-10H,1-8H2,(H,17,18). The summed E-state index contributed by atoms with van der Waals surface area (Å²) in [5.74, 6) is -0.917. The van der Waals surface area contributed by atoms with E-state index < -0.39 is 12.1 Å². The number of alkyl halides is 4. The van der Waals surface area contributed by atoms with E-state index in [0.29, 0.717) is 31.6 Å². The van der Waals surface area contributed by atoms with Gasteiger partial charge in [-0.1, -0.05) is 6.42 Å². The molecular weight excluding hydrogens is 267 g/mol. The summed E-state index contributed by atoms with van der Waals surface area (Å²) in [4.78, 5) is 11.5. The summed E-state index contributed by atoms with van der Waals surface area (Å²) in [6, 6.07) is -0.325. The van der Waals surface area contributed by atoms with Gasteiger partial charge in [0.25, 0.3) is 0 Å². The molecule has 6 heteroatoms. The molecule has 1 aliphatic rings. The van der Waals surface area contributed by atoms with Gasteiger partial charge in [-0.2, -0.15) is 13.2 Å². The molecular formula is C12H19ClF3NO. The van der Waals surface area contributed by atoms with Gasteiger partial charge in [0.05, 0.1) is 5.92 Å². The van der Waals surface area contributed by atoms with Crippen LogP contribution in [0.1, 0.15) is 44.9 Å². The summed E-state index contributed by atoms with van der Waals surface area (Å²) in [6.45, 7) is 0. The SMILES string of the molecule is O=C(CCCCCl)NC1CCCC(C(F)(F)F)C1. The Balaban J connectivity index is 2.31. The second kappa shape index (κ2) is 7.22. The highest BCUT2D eigenvalue weighted by molar-refractivity contribution is 6.17. The Kier molecular flexibility index (Phi) is 6.26. The predicted molar refractivity (Wildman–Crippen MR) is 64.5 cm³/mol. The molecule has 0 aromatic carbocycles. The van der Waals surface area contributed by atoms with Crippen molar-refractivity contribution >= 4 is 17.5 Å². The number of rotatable bonds is 5. The highest BCUT2D eigenvalue weighted by Gasteiger charge is 2.42. The van der Waals surface area contributed by atoms with E-state index in [1.165, 1.54) is 0 Å². The summed E-state index contributed by atoms with van der Waals surface area (Å²) in [5, 5.41) is 2.70. The van der Waals surface area contributed by atoms with Crippen molar-refractivity contribution in [1.29, 1.82) is 0 Å². The molecule has 0 bridgehead atoms. The van der Waals surface area contributed by atoms with E-state index in [4.69, 9.17) is 11.6 Å². The van der Waals surface area contributed by atoms with Gasteiger partial charge in [-0.05, 0) is 32.1 Å². The lowest BCUT2D eigenvalue weighted by Crippen LogP contribution is -2.41. The predicted octanol–water partition coefficient (Wildman–Crippen LogP) is 3.63. The van der Waals surface area contributed by atoms with Crippen molar-refractivity contribution in [3.8, 4) is 0 Å². The van der Waals surface area contributed by atoms with Crippen molar-refractivity contribution in [2.75, 3.05) is 5.88 Å². The average Bonchev–Trinajstić information content (AvgIpc) is 2.28. The molecule has 0 aromatic rings. The Morgan fingerprint density at radius 1 is 1.28 bits per heavy atom. The first-order valence-electron chi connectivity index (χ1n) is 6.35. The molecule has 0 heterocycles. The molecule has 0 radical (unpaired) electrons. The summed E-state index contributed by atoms with van der Waals surface area (Å²) in [6.07, 6.45) is -0.977. The third-order valence-electron chi connectivity index (χ3n) is 3.29. The first-order chi connectivity index (χ1) is 8.43. The molecule has 1 rings (SSSR count). The van der Waals surface area contributed by atoms with Crippen LogP contribution in [0.25, 0.3) is 0 Å². The quantitative estimate of drug-likeness (QED) is 0.606. The van der Waals surface area contributed by atoms with E-state index in [9.17, 15) is 18.0 Å². The Labute approximate surface area is 110 Å². The lowest BCUT2D eigenvalue weighted by Gasteiger charge is -2.31. The van der Waals surface area contributed by atoms with E-state index in [0.717, 1.165) is 6.42 Å². The maximum absolute atomic E-state index is 12.6. The van der Waals surface area contributed by atoms with Gasteiger partial charge >= 0.3 is 6.18 Å². The first-order valence-corrected chi connectivity index (χ1v) is 6.89. The molecule has 18 heavy (non-hydrogen) atoms. The second-order valence-electron chi connectivity index (χ2n) is 4.82. The fourth-order valence-electron chi connectivity index (χ4n) is 2.30. The Morgan fingerprint density at radius 2 is 2.00 bits per heavy atom. The van der Waals surface area contributed by atoms with Crippen LogP contribution in [0.2, 0.25) is 0 Å². The molecule has 106 valence electrons. The van der Waals surface area contributed by atoms with Crippen molar-refractivity contribution in [1.82, 2.24) is 5.32 Å². The molecule has 1 fully saturated rings. The highest BCUT2D eigenvalue weighted by atomic mass is 35.5. The van der Waals surface area contributed by atoms with Crippen molar-refractivity contribution < 1.29 is 18.0 Å². The van der Waals surface area contributed by atoms with Gasteiger partial charge in [0, 0.05) is 18.3 Å². The molecule has 0 saturated heterocycles. The number of halogens is 4. The molecule has 2 atom stereocenters. The van der Waals surface area contributed by atoms with Crippen molar-refractivity contribution in [3.05, 3.63) is 0 Å². The molecule has 1 N–H and O–H groups in total. The summed E-state index contributed by atoms with van der Waals surface area (Å²) in [5.41, 5.74) is 0. The van der Waals surface area contributed by atoms with Crippen molar-refractivity contribution in [2.45, 2.75) is 57.2 Å². The van der Waals surface area contributed by atoms with Gasteiger partial charge in [0.15, 0.2) is 0 Å². The number of carbonyl (C=O) groups is 1. The average molecular weight is 286 g/mol. The van der Waals surface area contributed by atoms with Crippen LogP contribution in [0.3, 0.4) is 0 Å². The summed E-state index contributed by atoms with van der Waals surface area (Å²) in [7, 11) is 0. The lowest BCUT2D eigenvalue weighted by atomic mass is 9.85. The molecule has 0 aliphatic heterocycles. The van der Waals surface area contributed by atoms with E-state index in [2.05, 4.69) is 5.32 Å². The summed E-state index contributed by atoms with van der Waals surface area (Å²) >= 11 is 5.49. The van der Waals surface area contributed by atoms with Crippen LogP contribution in [0.5, 0.6) is 0 Å². The van der Waals surface area contributed by atoms with E-state index in [1.54, 1.807) is 0 Å². The number of nitrogens with one attached hydrogen (secondary N) is 1. The molecule has 0 spiro atoms. The summed E-state index contributed by atoms with van der Waals surface area (Å²) < 4.78 is 37.7. The van der Waals surface area contributed by atoms with E-state index in [-0.39, 0.29) is 24.8 Å². The normalized spacial score (nSPS) is 24.9. The molecule has 1 amide bonds. The minimum absolute atomic E-state index is 0.0186. The maximum atomic E-state index is 12.6. The van der Waals surface area contributed by atoms with Crippen LogP contribution in [0, 0.1) is 5.92 Å². The van der Waals surface area contributed by atoms with Gasteiger partial charge in [-0.3, -0.25) is 4.79 Å². The second-order valence-corrected chi connectivity index (χ2v) is 5.19. The van der Waals surface area contributed by atoms with Crippen LogP contribution >= 0.6 is 11.6 Å². The lowest BCUT2D eigenvalue weighted by molar-refractivity contribution is -0.184. The molecule has 1 saturated carbocycles. The number of unbranched alkanes of at least 4 members (excludes halogenated alkanes) is 1. The van der Waals surface area contributed by atoms with Crippen molar-refractivity contribution in [3.63, 3.8) is 0 Å². The van der Waals surface area contributed by atoms with Gasteiger partial charge in [0.1, 0.15) is 0 Å². The molecule has 0 aromatic heterocycles. The smallest absolute Gasteiger partial charge is 0.353 e. The van der Waals surface area contributed by atoms with Gasteiger partial charge in [-0.15, -0.1) is 11.6 Å². The fourth-order valence-corrected chi connectivity index (χ4v) is 2.49. The minimum atomic E-state index is -4.14. The van der Waals surface area contributed by atoms with Crippen LogP contribution in [-0.4, -0.2) is 24.0 Å². The Hall–Kier alpha value is -0.450. The Bertz CT molecular complexity index is 271. The zero-order valence-electron chi connectivity index (χ0n) is 10.2. The van der Waals surface area contributed by atoms with E-state index >= 15 is 0 Å². The minimum Gasteiger partial charge on any atom is -0.353 e. The third-order valence-corrected chi connectivity index (χ3v) is 3.56. The van der Waals surface area contributed by atoms with Gasteiger partial charge in [-0.25, -0.2) is 0 Å². The van der Waals surface area contributed by atoms with Gasteiger partial charge in [0.2, 0.25) is 5.91 Å². The number of carbonyl (C=O) groups excluding carboxylic acids is 1. The van der Waals surface area contributed by atoms with Crippen LogP contribution in [-0.2, 0) is 4.79 Å². The van der Waals surface area contributed by atoms with Crippen molar-refractivity contribution in [2.24, 2.45) is 5.92 Å². The number of hydrogen-bond acceptors (Lipinski definition) is 1. The zero-order chi connectivity index (χ0) is 13.6. The zero-order valence-corrected chi connectivity index (χ0v) is 11.0. The Morgan fingerprint density at radius 3 is 2.61 bits per heavy atom. The third kappa shape index (κ3) is 5.46. The van der Waals surface area contributed by atoms with Crippen LogP contribution < -0.4 is 5.32 Å². The topological polar surface area (TPSA) is 29.1 Å². The largest absolute Gasteiger partial charge is 0.391 e. The van der Waals surface area contributed by atoms with E-state index in [1.807, 2.05) is 0 Å². The number of hydrogen-bond donors (Lipinski definition) is 1. The molecule has 2 unspecified atom stereocenters. The first kappa shape index (κ1) is 15.6. The van der Waals surface area contributed by atoms with Crippen LogP contribution in [0.4, 0.5) is 13.2 Å². The monoisotopic (exact) mass is 285 g/mol. The highest BCUT2D eigenvalue weighted by Crippen LogP contribution is 2.37.